The normalized spacial score (nSPS) is 19.3. The van der Waals surface area contributed by atoms with Crippen molar-refractivity contribution in [3.05, 3.63) is 29.3 Å². The van der Waals surface area contributed by atoms with Crippen LogP contribution in [-0.4, -0.2) is 30.4 Å². The number of nitrogens with zero attached hydrogens (tertiary/aromatic N) is 2. The van der Waals surface area contributed by atoms with E-state index >= 15 is 0 Å². The molecule has 1 aliphatic heterocycles. The van der Waals surface area contributed by atoms with Crippen molar-refractivity contribution in [1.29, 1.82) is 5.26 Å². The number of anilines is 1. The minimum Gasteiger partial charge on any atom is -0.380 e. The largest absolute Gasteiger partial charge is 0.417 e. The quantitative estimate of drug-likeness (QED) is 0.913. The first-order chi connectivity index (χ1) is 9.81. The molecule has 1 atom stereocenters. The van der Waals surface area contributed by atoms with Crippen molar-refractivity contribution < 1.29 is 18.0 Å². The van der Waals surface area contributed by atoms with Gasteiger partial charge in [0.25, 0.3) is 0 Å². The van der Waals surface area contributed by atoms with E-state index < -0.39 is 17.3 Å². The molecule has 1 amide bonds. The first kappa shape index (κ1) is 15.2. The molecule has 1 saturated heterocycles. The number of rotatable bonds is 2. The van der Waals surface area contributed by atoms with Gasteiger partial charge in [0.15, 0.2) is 0 Å². The molecule has 4 nitrogen and oxygen atoms in total. The van der Waals surface area contributed by atoms with Crippen molar-refractivity contribution in [2.75, 3.05) is 18.9 Å². The van der Waals surface area contributed by atoms with Crippen LogP contribution < -0.4 is 5.32 Å². The van der Waals surface area contributed by atoms with E-state index in [0.717, 1.165) is 6.07 Å². The second-order valence-corrected chi connectivity index (χ2v) is 5.02. The molecule has 0 radical (unpaired) electrons. The van der Waals surface area contributed by atoms with Gasteiger partial charge in [0.2, 0.25) is 5.91 Å². The molecule has 1 heterocycles. The van der Waals surface area contributed by atoms with Gasteiger partial charge < -0.3 is 10.2 Å². The van der Waals surface area contributed by atoms with Crippen LogP contribution in [0.5, 0.6) is 0 Å². The molecule has 0 aliphatic carbocycles. The average molecular weight is 297 g/mol. The summed E-state index contributed by atoms with van der Waals surface area (Å²) in [7, 11) is 1.68. The number of carbonyl (C=O) groups is 1. The Morgan fingerprint density at radius 1 is 1.43 bits per heavy atom. The molecular weight excluding hydrogens is 283 g/mol. The van der Waals surface area contributed by atoms with E-state index in [-0.39, 0.29) is 11.9 Å². The zero-order chi connectivity index (χ0) is 15.6. The Kier molecular flexibility index (Phi) is 4.07. The summed E-state index contributed by atoms with van der Waals surface area (Å²) >= 11 is 0. The second kappa shape index (κ2) is 5.64. The van der Waals surface area contributed by atoms with Crippen molar-refractivity contribution in [3.8, 4) is 6.07 Å². The molecule has 0 aromatic heterocycles. The van der Waals surface area contributed by atoms with E-state index in [0.29, 0.717) is 25.1 Å². The van der Waals surface area contributed by atoms with E-state index in [4.69, 9.17) is 5.26 Å². The highest BCUT2D eigenvalue weighted by atomic mass is 19.4. The first-order valence-electron chi connectivity index (χ1n) is 6.43. The topological polar surface area (TPSA) is 56.1 Å². The Balaban J connectivity index is 2.15. The van der Waals surface area contributed by atoms with Crippen molar-refractivity contribution in [2.45, 2.75) is 25.1 Å². The van der Waals surface area contributed by atoms with Gasteiger partial charge in [-0.3, -0.25) is 4.79 Å². The lowest BCUT2D eigenvalue weighted by atomic mass is 10.0. The molecule has 1 fully saturated rings. The van der Waals surface area contributed by atoms with Gasteiger partial charge in [0, 0.05) is 31.7 Å². The van der Waals surface area contributed by atoms with Crippen LogP contribution in [0.3, 0.4) is 0 Å². The number of halogens is 3. The number of nitrogens with one attached hydrogen (secondary N) is 1. The van der Waals surface area contributed by atoms with Gasteiger partial charge in [-0.15, -0.1) is 0 Å². The van der Waals surface area contributed by atoms with Crippen molar-refractivity contribution in [2.24, 2.45) is 0 Å². The number of likely N-dealkylation sites (N-methyl/N-ethyl adjacent to an activating group) is 1. The average Bonchev–Trinajstić information content (AvgIpc) is 2.41. The number of amides is 1. The van der Waals surface area contributed by atoms with Gasteiger partial charge in [0.1, 0.15) is 0 Å². The van der Waals surface area contributed by atoms with Crippen LogP contribution in [0.4, 0.5) is 18.9 Å². The lowest BCUT2D eigenvalue weighted by Gasteiger charge is -2.30. The highest BCUT2D eigenvalue weighted by molar-refractivity contribution is 5.77. The molecule has 2 rings (SSSR count). The number of hydrogen-bond donors (Lipinski definition) is 1. The summed E-state index contributed by atoms with van der Waals surface area (Å²) in [5, 5.41) is 11.9. The SMILES string of the molecule is CN1CC(Nc2ccc(C(F)(F)F)c(C#N)c2)CCC1=O. The standard InChI is InChI=1S/C14H14F3N3O/c1-20-8-11(3-5-13(20)21)19-10-2-4-12(14(15,16)17)9(6-10)7-18/h2,4,6,11,19H,3,5,8H2,1H3. The highest BCUT2D eigenvalue weighted by Gasteiger charge is 2.33. The third-order valence-electron chi connectivity index (χ3n) is 3.44. The van der Waals surface area contributed by atoms with Gasteiger partial charge in [-0.2, -0.15) is 18.4 Å². The third-order valence-corrected chi connectivity index (χ3v) is 3.44. The van der Waals surface area contributed by atoms with E-state index in [1.54, 1.807) is 18.0 Å². The fraction of sp³-hybridized carbons (Fsp3) is 0.429. The number of hydrogen-bond acceptors (Lipinski definition) is 3. The van der Waals surface area contributed by atoms with E-state index in [1.165, 1.54) is 12.1 Å². The highest BCUT2D eigenvalue weighted by Crippen LogP contribution is 2.33. The molecule has 1 N–H and O–H groups in total. The van der Waals surface area contributed by atoms with Crippen molar-refractivity contribution in [3.63, 3.8) is 0 Å². The maximum absolute atomic E-state index is 12.7. The molecular formula is C14H14F3N3O. The van der Waals surface area contributed by atoms with Crippen molar-refractivity contribution >= 4 is 11.6 Å². The summed E-state index contributed by atoms with van der Waals surface area (Å²) in [6, 6.07) is 4.94. The molecule has 0 bridgehead atoms. The predicted molar refractivity (Wildman–Crippen MR) is 70.4 cm³/mol. The predicted octanol–water partition coefficient (Wildman–Crippen LogP) is 2.61. The summed E-state index contributed by atoms with van der Waals surface area (Å²) in [4.78, 5) is 13.0. The molecule has 1 unspecified atom stereocenters. The van der Waals surface area contributed by atoms with Gasteiger partial charge in [0.05, 0.1) is 17.2 Å². The fourth-order valence-electron chi connectivity index (χ4n) is 2.34. The summed E-state index contributed by atoms with van der Waals surface area (Å²) in [5.41, 5.74) is -0.897. The Bertz CT molecular complexity index is 592. The zero-order valence-corrected chi connectivity index (χ0v) is 11.4. The number of piperidine rings is 1. The van der Waals surface area contributed by atoms with Gasteiger partial charge in [-0.1, -0.05) is 0 Å². The Morgan fingerprint density at radius 3 is 2.71 bits per heavy atom. The number of nitriles is 1. The van der Waals surface area contributed by atoms with Crippen LogP contribution >= 0.6 is 0 Å². The van der Waals surface area contributed by atoms with E-state index in [1.807, 2.05) is 0 Å². The number of alkyl halides is 3. The first-order valence-corrected chi connectivity index (χ1v) is 6.43. The maximum atomic E-state index is 12.7. The van der Waals surface area contributed by atoms with E-state index in [9.17, 15) is 18.0 Å². The molecule has 0 saturated carbocycles. The van der Waals surface area contributed by atoms with Crippen molar-refractivity contribution in [1.82, 2.24) is 4.90 Å². The number of carbonyl (C=O) groups excluding carboxylic acids is 1. The minimum absolute atomic E-state index is 0.0315. The number of benzene rings is 1. The second-order valence-electron chi connectivity index (χ2n) is 5.02. The van der Waals surface area contributed by atoms with Gasteiger partial charge >= 0.3 is 6.18 Å². The van der Waals surface area contributed by atoms with Crippen LogP contribution in [-0.2, 0) is 11.0 Å². The maximum Gasteiger partial charge on any atom is 0.417 e. The Labute approximate surface area is 120 Å². The van der Waals surface area contributed by atoms with Gasteiger partial charge in [-0.25, -0.2) is 0 Å². The van der Waals surface area contributed by atoms with Crippen LogP contribution in [0.2, 0.25) is 0 Å². The molecule has 7 heteroatoms. The van der Waals surface area contributed by atoms with E-state index in [2.05, 4.69) is 5.32 Å². The third kappa shape index (κ3) is 3.45. The molecule has 21 heavy (non-hydrogen) atoms. The van der Waals surface area contributed by atoms with Gasteiger partial charge in [-0.05, 0) is 24.6 Å². The Hall–Kier alpha value is -2.23. The molecule has 1 aromatic rings. The van der Waals surface area contributed by atoms with Crippen LogP contribution in [0, 0.1) is 11.3 Å². The molecule has 112 valence electrons. The lowest BCUT2D eigenvalue weighted by Crippen LogP contribution is -2.43. The van der Waals surface area contributed by atoms with Crippen LogP contribution in [0.25, 0.3) is 0 Å². The smallest absolute Gasteiger partial charge is 0.380 e. The lowest BCUT2D eigenvalue weighted by molar-refractivity contribution is -0.137. The molecule has 0 spiro atoms. The van der Waals surface area contributed by atoms with Crippen LogP contribution in [0.15, 0.2) is 18.2 Å². The molecule has 1 aromatic carbocycles. The fourth-order valence-corrected chi connectivity index (χ4v) is 2.34. The molecule has 1 aliphatic rings. The summed E-state index contributed by atoms with van der Waals surface area (Å²) in [6.07, 6.45) is -3.52. The van der Waals surface area contributed by atoms with Crippen LogP contribution in [0.1, 0.15) is 24.0 Å². The number of likely N-dealkylation sites (tertiary alicyclic amines) is 1. The summed E-state index contributed by atoms with van der Waals surface area (Å²) in [6.45, 7) is 0.488. The monoisotopic (exact) mass is 297 g/mol. The summed E-state index contributed by atoms with van der Waals surface area (Å²) in [5.74, 6) is 0.0539. The zero-order valence-electron chi connectivity index (χ0n) is 11.4. The minimum atomic E-state index is -4.54. The Morgan fingerprint density at radius 2 is 2.14 bits per heavy atom. The summed E-state index contributed by atoms with van der Waals surface area (Å²) < 4.78 is 38.1.